The number of halogens is 1. The molecule has 0 radical (unpaired) electrons. The Morgan fingerprint density at radius 3 is 2.54 bits per heavy atom. The molecule has 0 spiro atoms. The maximum Gasteiger partial charge on any atom is 0.123 e. The fourth-order valence-corrected chi connectivity index (χ4v) is 3.07. The van der Waals surface area contributed by atoms with E-state index in [1.165, 1.54) is 24.5 Å². The second-order valence-electron chi connectivity index (χ2n) is 6.64. The van der Waals surface area contributed by atoms with E-state index in [-0.39, 0.29) is 11.7 Å². The van der Waals surface area contributed by atoms with Gasteiger partial charge in [-0.3, -0.25) is 15.0 Å². The third-order valence-corrected chi connectivity index (χ3v) is 4.53. The average Bonchev–Trinajstić information content (AvgIpc) is 2.70. The van der Waals surface area contributed by atoms with Crippen LogP contribution in [0, 0.1) is 11.2 Å². The highest BCUT2D eigenvalue weighted by molar-refractivity contribution is 6.08. The lowest BCUT2D eigenvalue weighted by molar-refractivity contribution is 0.625. The molecule has 0 bridgehead atoms. The summed E-state index contributed by atoms with van der Waals surface area (Å²) in [6.07, 6.45) is 8.87. The summed E-state index contributed by atoms with van der Waals surface area (Å²) in [5, 5.41) is 7.60. The van der Waals surface area contributed by atoms with Gasteiger partial charge in [0, 0.05) is 54.4 Å². The van der Waals surface area contributed by atoms with Crippen LogP contribution in [-0.4, -0.2) is 21.2 Å². The summed E-state index contributed by atoms with van der Waals surface area (Å²) in [7, 11) is 0. The molecule has 1 aromatic carbocycles. The topological polar surface area (TPSA) is 88.5 Å². The zero-order valence-corrected chi connectivity index (χ0v) is 15.6. The number of pyridine rings is 1. The molecule has 0 aliphatic carbocycles. The van der Waals surface area contributed by atoms with Crippen LogP contribution in [0.3, 0.4) is 0 Å². The minimum absolute atomic E-state index is 0.165. The summed E-state index contributed by atoms with van der Waals surface area (Å²) < 4.78 is 13.2. The maximum absolute atomic E-state index is 13.2. The molecule has 28 heavy (non-hydrogen) atoms. The van der Waals surface area contributed by atoms with Gasteiger partial charge in [0.15, 0.2) is 0 Å². The van der Waals surface area contributed by atoms with E-state index >= 15 is 0 Å². The third-order valence-electron chi connectivity index (χ3n) is 4.53. The number of benzene rings is 1. The first-order valence-corrected chi connectivity index (χ1v) is 9.02. The number of nitrogens with one attached hydrogen (secondary N) is 1. The van der Waals surface area contributed by atoms with Crippen LogP contribution in [0.25, 0.3) is 5.57 Å². The maximum atomic E-state index is 13.2. The van der Waals surface area contributed by atoms with Gasteiger partial charge in [0.2, 0.25) is 0 Å². The third kappa shape index (κ3) is 4.85. The number of nitrogens with zero attached hydrogens (tertiary/aromatic N) is 3. The van der Waals surface area contributed by atoms with E-state index in [1.54, 1.807) is 30.7 Å². The number of aromatic nitrogens is 3. The molecule has 2 aromatic heterocycles. The van der Waals surface area contributed by atoms with Gasteiger partial charge in [-0.05, 0) is 47.7 Å². The molecule has 3 rings (SSSR count). The number of nitrogens with two attached hydrogens (primary N) is 1. The Bertz CT molecular complexity index is 968. The van der Waals surface area contributed by atoms with E-state index in [1.807, 2.05) is 12.1 Å². The van der Waals surface area contributed by atoms with Gasteiger partial charge >= 0.3 is 0 Å². The number of hydrogen-bond acceptors (Lipinski definition) is 5. The van der Waals surface area contributed by atoms with Crippen LogP contribution in [0.5, 0.6) is 0 Å². The highest BCUT2D eigenvalue weighted by Gasteiger charge is 2.12. The monoisotopic (exact) mass is 375 g/mol. The Morgan fingerprint density at radius 2 is 1.89 bits per heavy atom. The zero-order chi connectivity index (χ0) is 19.9. The van der Waals surface area contributed by atoms with Crippen molar-refractivity contribution in [3.63, 3.8) is 0 Å². The summed E-state index contributed by atoms with van der Waals surface area (Å²) in [6, 6.07) is 10.4. The van der Waals surface area contributed by atoms with E-state index in [9.17, 15) is 4.39 Å². The predicted molar refractivity (Wildman–Crippen MR) is 109 cm³/mol. The second kappa shape index (κ2) is 8.99. The molecule has 0 amide bonds. The summed E-state index contributed by atoms with van der Waals surface area (Å²) in [5.74, 6) is -0.0796. The lowest BCUT2D eigenvalue weighted by atomic mass is 9.94. The quantitative estimate of drug-likeness (QED) is 0.613. The van der Waals surface area contributed by atoms with Crippen molar-refractivity contribution in [3.05, 3.63) is 95.2 Å². The van der Waals surface area contributed by atoms with Crippen LogP contribution in [0.4, 0.5) is 4.39 Å². The summed E-state index contributed by atoms with van der Waals surface area (Å²) in [6.45, 7) is 2.08. The minimum Gasteiger partial charge on any atom is -0.404 e. The number of allylic oxidation sites excluding steroid dienone is 1. The van der Waals surface area contributed by atoms with Crippen molar-refractivity contribution in [1.82, 2.24) is 15.0 Å². The summed E-state index contributed by atoms with van der Waals surface area (Å²) in [4.78, 5) is 13.2. The molecule has 0 unspecified atom stereocenters. The standard InChI is InChI=1S/C22H22FN5/c1-15(16-2-4-19(23)5-3-16)8-20-9-17(18(12-24)13-25)10-21(28-20)11-22-14-26-6-7-27-22/h2-7,9-10,12-15,24H,8,11,25H2,1H3/b18-13+,24-12?/t15-/m1/s1. The Balaban J connectivity index is 1.92. The van der Waals surface area contributed by atoms with Crippen LogP contribution < -0.4 is 5.73 Å². The van der Waals surface area contributed by atoms with Crippen molar-refractivity contribution in [3.8, 4) is 0 Å². The van der Waals surface area contributed by atoms with Gasteiger partial charge < -0.3 is 11.1 Å². The van der Waals surface area contributed by atoms with Crippen molar-refractivity contribution in [1.29, 1.82) is 5.41 Å². The molecule has 0 saturated heterocycles. The molecule has 0 aliphatic rings. The van der Waals surface area contributed by atoms with E-state index < -0.39 is 0 Å². The fourth-order valence-electron chi connectivity index (χ4n) is 3.07. The Hall–Kier alpha value is -3.41. The van der Waals surface area contributed by atoms with E-state index in [2.05, 4.69) is 16.9 Å². The predicted octanol–water partition coefficient (Wildman–Crippen LogP) is 3.90. The van der Waals surface area contributed by atoms with Crippen LogP contribution >= 0.6 is 0 Å². The molecule has 5 nitrogen and oxygen atoms in total. The highest BCUT2D eigenvalue weighted by atomic mass is 19.1. The second-order valence-corrected chi connectivity index (χ2v) is 6.64. The van der Waals surface area contributed by atoms with Crippen LogP contribution in [-0.2, 0) is 12.8 Å². The zero-order valence-electron chi connectivity index (χ0n) is 15.6. The van der Waals surface area contributed by atoms with E-state index in [0.717, 1.165) is 28.2 Å². The van der Waals surface area contributed by atoms with Crippen LogP contribution in [0.2, 0.25) is 0 Å². The average molecular weight is 375 g/mol. The van der Waals surface area contributed by atoms with Gasteiger partial charge in [0.05, 0.1) is 5.69 Å². The van der Waals surface area contributed by atoms with Gasteiger partial charge in [0.25, 0.3) is 0 Å². The van der Waals surface area contributed by atoms with Crippen LogP contribution in [0.15, 0.2) is 61.2 Å². The molecule has 3 aromatic rings. The lowest BCUT2D eigenvalue weighted by Gasteiger charge is -2.14. The molecular weight excluding hydrogens is 353 g/mol. The lowest BCUT2D eigenvalue weighted by Crippen LogP contribution is -2.06. The molecule has 0 aliphatic heterocycles. The van der Waals surface area contributed by atoms with E-state index in [4.69, 9.17) is 16.1 Å². The van der Waals surface area contributed by atoms with Gasteiger partial charge in [0.1, 0.15) is 5.82 Å². The number of hydrogen-bond donors (Lipinski definition) is 2. The van der Waals surface area contributed by atoms with Gasteiger partial charge in [-0.1, -0.05) is 19.1 Å². The van der Waals surface area contributed by atoms with Crippen molar-refractivity contribution in [2.75, 3.05) is 0 Å². The van der Waals surface area contributed by atoms with Crippen molar-refractivity contribution in [2.24, 2.45) is 5.73 Å². The van der Waals surface area contributed by atoms with Crippen molar-refractivity contribution < 1.29 is 4.39 Å². The minimum atomic E-state index is -0.244. The van der Waals surface area contributed by atoms with E-state index in [0.29, 0.717) is 18.4 Å². The van der Waals surface area contributed by atoms with Gasteiger partial charge in [-0.2, -0.15) is 0 Å². The molecule has 6 heteroatoms. The SMILES string of the molecule is C[C@H](Cc1cc(/C(C=N)=C/N)cc(Cc2cnccn2)n1)c1ccc(F)cc1. The molecular formula is C22H22FN5. The summed E-state index contributed by atoms with van der Waals surface area (Å²) >= 11 is 0. The molecule has 2 heterocycles. The molecule has 3 N–H and O–H groups in total. The first-order chi connectivity index (χ1) is 13.6. The number of rotatable bonds is 7. The van der Waals surface area contributed by atoms with Gasteiger partial charge in [-0.15, -0.1) is 0 Å². The normalized spacial score (nSPS) is 12.6. The van der Waals surface area contributed by atoms with Crippen molar-refractivity contribution >= 4 is 11.8 Å². The molecule has 0 saturated carbocycles. The van der Waals surface area contributed by atoms with Gasteiger partial charge in [-0.25, -0.2) is 4.39 Å². The Morgan fingerprint density at radius 1 is 1.14 bits per heavy atom. The first kappa shape index (κ1) is 19.4. The first-order valence-electron chi connectivity index (χ1n) is 9.02. The van der Waals surface area contributed by atoms with Crippen LogP contribution in [0.1, 0.15) is 41.1 Å². The molecule has 142 valence electrons. The fraction of sp³-hybridized carbons (Fsp3) is 0.182. The molecule has 0 fully saturated rings. The summed E-state index contributed by atoms with van der Waals surface area (Å²) in [5.41, 5.74) is 10.7. The van der Waals surface area contributed by atoms with Crippen molar-refractivity contribution in [2.45, 2.75) is 25.7 Å². The molecule has 1 atom stereocenters. The smallest absolute Gasteiger partial charge is 0.123 e. The Labute approximate surface area is 163 Å². The highest BCUT2D eigenvalue weighted by Crippen LogP contribution is 2.23. The largest absolute Gasteiger partial charge is 0.404 e. The Kier molecular flexibility index (Phi) is 6.22.